The fourth-order valence-corrected chi connectivity index (χ4v) is 1.96. The highest BCUT2D eigenvalue weighted by atomic mass is 16.4. The molecule has 0 aliphatic rings. The Morgan fingerprint density at radius 2 is 2.05 bits per heavy atom. The minimum absolute atomic E-state index is 0.156. The summed E-state index contributed by atoms with van der Waals surface area (Å²) in [5, 5.41) is 15.5. The van der Waals surface area contributed by atoms with E-state index in [1.54, 1.807) is 17.8 Å². The summed E-state index contributed by atoms with van der Waals surface area (Å²) >= 11 is 0. The summed E-state index contributed by atoms with van der Waals surface area (Å²) in [4.78, 5) is 22.7. The molecule has 1 aromatic carbocycles. The quantitative estimate of drug-likeness (QED) is 0.841. The van der Waals surface area contributed by atoms with Crippen molar-refractivity contribution in [1.29, 1.82) is 0 Å². The largest absolute Gasteiger partial charge is 0.480 e. The van der Waals surface area contributed by atoms with Gasteiger partial charge in [-0.2, -0.15) is 5.10 Å². The molecule has 0 aliphatic carbocycles. The normalized spacial score (nSPS) is 11.9. The molecule has 110 valence electrons. The van der Waals surface area contributed by atoms with Crippen LogP contribution in [0.3, 0.4) is 0 Å². The van der Waals surface area contributed by atoms with Crippen LogP contribution in [-0.2, 0) is 16.0 Å². The van der Waals surface area contributed by atoms with Crippen molar-refractivity contribution in [2.24, 2.45) is 0 Å². The van der Waals surface area contributed by atoms with Crippen molar-refractivity contribution in [2.45, 2.75) is 25.8 Å². The number of rotatable bonds is 6. The molecule has 0 spiro atoms. The van der Waals surface area contributed by atoms with Crippen LogP contribution in [0.25, 0.3) is 5.69 Å². The van der Waals surface area contributed by atoms with Crippen LogP contribution < -0.4 is 5.32 Å². The van der Waals surface area contributed by atoms with Crippen LogP contribution in [-0.4, -0.2) is 32.8 Å². The Morgan fingerprint density at radius 3 is 2.57 bits per heavy atom. The van der Waals surface area contributed by atoms with Gasteiger partial charge in [-0.15, -0.1) is 0 Å². The maximum absolute atomic E-state index is 11.8. The van der Waals surface area contributed by atoms with E-state index >= 15 is 0 Å². The van der Waals surface area contributed by atoms with E-state index < -0.39 is 12.0 Å². The lowest BCUT2D eigenvalue weighted by Gasteiger charge is -2.12. The lowest BCUT2D eigenvalue weighted by Crippen LogP contribution is -2.40. The zero-order valence-corrected chi connectivity index (χ0v) is 11.7. The molecule has 1 amide bonds. The number of nitrogens with zero attached hydrogens (tertiary/aromatic N) is 2. The predicted molar refractivity (Wildman–Crippen MR) is 77.1 cm³/mol. The van der Waals surface area contributed by atoms with Gasteiger partial charge in [-0.05, 0) is 30.2 Å². The number of aliphatic carboxylic acids is 1. The molecule has 1 atom stereocenters. The number of carbonyl (C=O) groups excluding carboxylic acids is 1. The van der Waals surface area contributed by atoms with Gasteiger partial charge in [0.2, 0.25) is 5.91 Å². The Kier molecular flexibility index (Phi) is 4.71. The van der Waals surface area contributed by atoms with Crippen LogP contribution in [0.4, 0.5) is 0 Å². The zero-order chi connectivity index (χ0) is 15.2. The molecule has 2 N–H and O–H groups in total. The molecular weight excluding hydrogens is 270 g/mol. The minimum Gasteiger partial charge on any atom is -0.480 e. The van der Waals surface area contributed by atoms with E-state index in [0.717, 1.165) is 11.3 Å². The van der Waals surface area contributed by atoms with Gasteiger partial charge in [0.1, 0.15) is 6.04 Å². The summed E-state index contributed by atoms with van der Waals surface area (Å²) in [5.74, 6) is -1.31. The second-order valence-corrected chi connectivity index (χ2v) is 4.66. The van der Waals surface area contributed by atoms with Crippen LogP contribution in [0, 0.1) is 0 Å². The van der Waals surface area contributed by atoms with E-state index in [1.165, 1.54) is 0 Å². The number of benzene rings is 1. The van der Waals surface area contributed by atoms with Gasteiger partial charge in [-0.25, -0.2) is 9.48 Å². The molecule has 0 radical (unpaired) electrons. The molecule has 0 aliphatic heterocycles. The van der Waals surface area contributed by atoms with Crippen molar-refractivity contribution < 1.29 is 14.7 Å². The highest BCUT2D eigenvalue weighted by molar-refractivity contribution is 5.84. The number of carbonyl (C=O) groups is 2. The lowest BCUT2D eigenvalue weighted by atomic mass is 10.1. The summed E-state index contributed by atoms with van der Waals surface area (Å²) in [5.41, 5.74) is 1.73. The van der Waals surface area contributed by atoms with E-state index in [0.29, 0.717) is 6.42 Å². The second-order valence-electron chi connectivity index (χ2n) is 4.66. The topological polar surface area (TPSA) is 84.2 Å². The molecule has 0 saturated heterocycles. The SMILES string of the molecule is CCC(NC(=O)Cc1ccc(-n2cccn2)cc1)C(=O)O. The van der Waals surface area contributed by atoms with E-state index in [4.69, 9.17) is 5.11 Å². The number of aromatic nitrogens is 2. The summed E-state index contributed by atoms with van der Waals surface area (Å²) in [6.07, 6.45) is 4.04. The van der Waals surface area contributed by atoms with Gasteiger partial charge in [0.25, 0.3) is 0 Å². The molecule has 6 nitrogen and oxygen atoms in total. The van der Waals surface area contributed by atoms with Crippen LogP contribution in [0.2, 0.25) is 0 Å². The highest BCUT2D eigenvalue weighted by Gasteiger charge is 2.17. The fraction of sp³-hybridized carbons (Fsp3) is 0.267. The molecule has 0 fully saturated rings. The van der Waals surface area contributed by atoms with E-state index in [1.807, 2.05) is 36.5 Å². The number of hydrogen-bond acceptors (Lipinski definition) is 3. The fourth-order valence-electron chi connectivity index (χ4n) is 1.96. The first-order valence-corrected chi connectivity index (χ1v) is 6.71. The minimum atomic E-state index is -1.01. The number of nitrogens with one attached hydrogen (secondary N) is 1. The van der Waals surface area contributed by atoms with Crippen molar-refractivity contribution in [1.82, 2.24) is 15.1 Å². The molecule has 1 unspecified atom stereocenters. The first-order valence-electron chi connectivity index (χ1n) is 6.71. The molecule has 0 bridgehead atoms. The number of carboxylic acid groups (broad SMARTS) is 1. The molecule has 6 heteroatoms. The van der Waals surface area contributed by atoms with Crippen molar-refractivity contribution >= 4 is 11.9 Å². The smallest absolute Gasteiger partial charge is 0.326 e. The van der Waals surface area contributed by atoms with Crippen LogP contribution in [0.5, 0.6) is 0 Å². The van der Waals surface area contributed by atoms with Crippen LogP contribution in [0.1, 0.15) is 18.9 Å². The van der Waals surface area contributed by atoms with Gasteiger partial charge >= 0.3 is 5.97 Å². The number of hydrogen-bond donors (Lipinski definition) is 2. The standard InChI is InChI=1S/C15H17N3O3/c1-2-13(15(20)21)17-14(19)10-11-4-6-12(7-5-11)18-9-3-8-16-18/h3-9,13H,2,10H2,1H3,(H,17,19)(H,20,21). The van der Waals surface area contributed by atoms with Gasteiger partial charge in [-0.3, -0.25) is 4.79 Å². The summed E-state index contributed by atoms with van der Waals surface area (Å²) < 4.78 is 1.72. The van der Waals surface area contributed by atoms with E-state index in [-0.39, 0.29) is 12.3 Å². The average Bonchev–Trinajstić information content (AvgIpc) is 2.99. The first-order chi connectivity index (χ1) is 10.1. The Balaban J connectivity index is 1.97. The van der Waals surface area contributed by atoms with Gasteiger partial charge in [0.05, 0.1) is 12.1 Å². The summed E-state index contributed by atoms with van der Waals surface area (Å²) in [7, 11) is 0. The van der Waals surface area contributed by atoms with Gasteiger partial charge < -0.3 is 10.4 Å². The third kappa shape index (κ3) is 3.92. The molecule has 21 heavy (non-hydrogen) atoms. The second kappa shape index (κ2) is 6.69. The molecule has 2 rings (SSSR count). The zero-order valence-electron chi connectivity index (χ0n) is 11.7. The predicted octanol–water partition coefficient (Wildman–Crippen LogP) is 1.39. The van der Waals surface area contributed by atoms with Crippen molar-refractivity contribution in [3.63, 3.8) is 0 Å². The highest BCUT2D eigenvalue weighted by Crippen LogP contribution is 2.09. The Morgan fingerprint density at radius 1 is 1.33 bits per heavy atom. The van der Waals surface area contributed by atoms with Crippen molar-refractivity contribution in [3.05, 3.63) is 48.3 Å². The Hall–Kier alpha value is -2.63. The first kappa shape index (κ1) is 14.8. The van der Waals surface area contributed by atoms with Crippen molar-refractivity contribution in [3.8, 4) is 5.69 Å². The van der Waals surface area contributed by atoms with Gasteiger partial charge in [-0.1, -0.05) is 19.1 Å². The van der Waals surface area contributed by atoms with E-state index in [2.05, 4.69) is 10.4 Å². The monoisotopic (exact) mass is 287 g/mol. The molecule has 2 aromatic rings. The van der Waals surface area contributed by atoms with E-state index in [9.17, 15) is 9.59 Å². The maximum Gasteiger partial charge on any atom is 0.326 e. The number of carboxylic acids is 1. The summed E-state index contributed by atoms with van der Waals surface area (Å²) in [6, 6.07) is 8.39. The lowest BCUT2D eigenvalue weighted by molar-refractivity contribution is -0.141. The molecule has 1 aromatic heterocycles. The van der Waals surface area contributed by atoms with Gasteiger partial charge in [0.15, 0.2) is 0 Å². The molecule has 1 heterocycles. The Labute approximate surface area is 122 Å². The van der Waals surface area contributed by atoms with Crippen LogP contribution >= 0.6 is 0 Å². The number of amides is 1. The average molecular weight is 287 g/mol. The maximum atomic E-state index is 11.8. The molecular formula is C15H17N3O3. The Bertz CT molecular complexity index is 606. The van der Waals surface area contributed by atoms with Crippen LogP contribution in [0.15, 0.2) is 42.7 Å². The molecule has 0 saturated carbocycles. The summed E-state index contributed by atoms with van der Waals surface area (Å²) in [6.45, 7) is 1.72. The third-order valence-corrected chi connectivity index (χ3v) is 3.11. The third-order valence-electron chi connectivity index (χ3n) is 3.11. The van der Waals surface area contributed by atoms with Crippen molar-refractivity contribution in [2.75, 3.05) is 0 Å². The van der Waals surface area contributed by atoms with Gasteiger partial charge in [0, 0.05) is 12.4 Å².